The van der Waals surface area contributed by atoms with Crippen molar-refractivity contribution in [3.63, 3.8) is 0 Å². The van der Waals surface area contributed by atoms with Crippen molar-refractivity contribution in [2.75, 3.05) is 13.7 Å². The number of aromatic nitrogens is 2. The molecule has 3 rings (SSSR count). The summed E-state index contributed by atoms with van der Waals surface area (Å²) in [6.45, 7) is 0.941. The quantitative estimate of drug-likeness (QED) is 0.766. The first-order valence-corrected chi connectivity index (χ1v) is 7.06. The van der Waals surface area contributed by atoms with Crippen molar-refractivity contribution >= 4 is 18.1 Å². The molecule has 23 heavy (non-hydrogen) atoms. The van der Waals surface area contributed by atoms with Crippen LogP contribution in [0.15, 0.2) is 41.8 Å². The first kappa shape index (κ1) is 14.9. The molecule has 0 bridgehead atoms. The number of methoxy groups -OCH3 is 1. The van der Waals surface area contributed by atoms with Crippen LogP contribution < -0.4 is 9.47 Å². The average molecular weight is 309 g/mol. The molecule has 0 saturated heterocycles. The summed E-state index contributed by atoms with van der Waals surface area (Å²) >= 11 is 0. The Kier molecular flexibility index (Phi) is 4.42. The van der Waals surface area contributed by atoms with Gasteiger partial charge >= 0.3 is 0 Å². The summed E-state index contributed by atoms with van der Waals surface area (Å²) in [6, 6.07) is 3.48. The summed E-state index contributed by atoms with van der Waals surface area (Å²) in [5.74, 6) is 0.780. The maximum atomic E-state index is 11.2. The number of rotatable bonds is 6. The second-order valence-corrected chi connectivity index (χ2v) is 4.89. The molecule has 0 spiro atoms. The third-order valence-electron chi connectivity index (χ3n) is 3.48. The predicted octanol–water partition coefficient (Wildman–Crippen LogP) is 2.34. The highest BCUT2D eigenvalue weighted by molar-refractivity contribution is 5.90. The smallest absolute Gasteiger partial charge is 0.213 e. The molecule has 116 valence electrons. The van der Waals surface area contributed by atoms with E-state index in [2.05, 4.69) is 15.0 Å². The van der Waals surface area contributed by atoms with Gasteiger partial charge in [-0.1, -0.05) is 0 Å². The van der Waals surface area contributed by atoms with Crippen molar-refractivity contribution in [3.05, 3.63) is 53.5 Å². The van der Waals surface area contributed by atoms with Crippen LogP contribution in [0.5, 0.6) is 11.6 Å². The first-order valence-electron chi connectivity index (χ1n) is 7.06. The molecule has 0 amide bonds. The predicted molar refractivity (Wildman–Crippen MR) is 86.1 cm³/mol. The molecule has 1 aliphatic rings. The van der Waals surface area contributed by atoms with Crippen molar-refractivity contribution in [1.82, 2.24) is 9.97 Å². The Morgan fingerprint density at radius 2 is 2.26 bits per heavy atom. The molecule has 0 radical (unpaired) electrons. The fourth-order valence-corrected chi connectivity index (χ4v) is 2.29. The molecule has 0 fully saturated rings. The topological polar surface area (TPSA) is 73.7 Å². The molecule has 2 aromatic rings. The van der Waals surface area contributed by atoms with Crippen LogP contribution >= 0.6 is 0 Å². The van der Waals surface area contributed by atoms with Crippen LogP contribution in [0.25, 0.3) is 5.57 Å². The highest BCUT2D eigenvalue weighted by atomic mass is 16.5. The Balaban J connectivity index is 1.80. The van der Waals surface area contributed by atoms with Crippen LogP contribution in [0.4, 0.5) is 0 Å². The molecular weight excluding hydrogens is 294 g/mol. The molecule has 3 heterocycles. The Bertz CT molecular complexity index is 784. The molecule has 0 aromatic carbocycles. The summed E-state index contributed by atoms with van der Waals surface area (Å²) in [6.07, 6.45) is 9.46. The number of hydrogen-bond donors (Lipinski definition) is 0. The second kappa shape index (κ2) is 6.83. The summed E-state index contributed by atoms with van der Waals surface area (Å²) in [5, 5.41) is 0. The molecular formula is C17H15N3O3. The van der Waals surface area contributed by atoms with Crippen LogP contribution in [0.3, 0.4) is 0 Å². The van der Waals surface area contributed by atoms with Gasteiger partial charge in [-0.05, 0) is 23.3 Å². The number of carbonyl (C=O) groups is 1. The van der Waals surface area contributed by atoms with Crippen molar-refractivity contribution in [3.8, 4) is 11.6 Å². The van der Waals surface area contributed by atoms with E-state index >= 15 is 0 Å². The Labute approximate surface area is 133 Å². The summed E-state index contributed by atoms with van der Waals surface area (Å²) in [5.41, 5.74) is 3.49. The first-order chi connectivity index (χ1) is 11.3. The Morgan fingerprint density at radius 3 is 3.00 bits per heavy atom. The second-order valence-electron chi connectivity index (χ2n) is 4.89. The van der Waals surface area contributed by atoms with E-state index < -0.39 is 0 Å². The number of aldehydes is 1. The molecule has 1 aliphatic heterocycles. The van der Waals surface area contributed by atoms with Crippen molar-refractivity contribution in [2.45, 2.75) is 6.61 Å². The van der Waals surface area contributed by atoms with Gasteiger partial charge in [-0.3, -0.25) is 14.8 Å². The zero-order chi connectivity index (χ0) is 16.1. The Hall–Kier alpha value is -3.02. The molecule has 0 unspecified atom stereocenters. The number of ether oxygens (including phenoxy) is 2. The van der Waals surface area contributed by atoms with Gasteiger partial charge in [-0.15, -0.1) is 0 Å². The average Bonchev–Trinajstić information content (AvgIpc) is 3.14. The lowest BCUT2D eigenvalue weighted by molar-refractivity contribution is 0.111. The number of aliphatic imine (C=N–C) groups is 1. The lowest BCUT2D eigenvalue weighted by atomic mass is 10.0. The van der Waals surface area contributed by atoms with E-state index in [0.717, 1.165) is 23.0 Å². The van der Waals surface area contributed by atoms with Crippen LogP contribution in [-0.4, -0.2) is 36.1 Å². The van der Waals surface area contributed by atoms with Crippen LogP contribution in [0.2, 0.25) is 0 Å². The standard InChI is InChI=1S/C17H15N3O3/c1-22-17-6-13(10-21)16(9-20-17)23-11-14-8-19-5-3-15(14)12-2-4-18-7-12/h2-6,8-10H,7,11H2,1H3. The number of pyridine rings is 2. The van der Waals surface area contributed by atoms with Crippen LogP contribution in [0.1, 0.15) is 21.5 Å². The zero-order valence-corrected chi connectivity index (χ0v) is 12.6. The van der Waals surface area contributed by atoms with Crippen molar-refractivity contribution in [1.29, 1.82) is 0 Å². The van der Waals surface area contributed by atoms with E-state index in [0.29, 0.717) is 23.7 Å². The largest absolute Gasteiger partial charge is 0.486 e. The maximum Gasteiger partial charge on any atom is 0.213 e. The summed E-state index contributed by atoms with van der Waals surface area (Å²) < 4.78 is 10.8. The molecule has 0 saturated carbocycles. The van der Waals surface area contributed by atoms with Gasteiger partial charge in [0.15, 0.2) is 6.29 Å². The number of carbonyl (C=O) groups excluding carboxylic acids is 1. The highest BCUT2D eigenvalue weighted by Gasteiger charge is 2.12. The number of allylic oxidation sites excluding steroid dienone is 1. The molecule has 0 aliphatic carbocycles. The minimum atomic E-state index is 0.287. The van der Waals surface area contributed by atoms with E-state index in [1.807, 2.05) is 12.1 Å². The lowest BCUT2D eigenvalue weighted by Gasteiger charge is -2.12. The lowest BCUT2D eigenvalue weighted by Crippen LogP contribution is -2.03. The van der Waals surface area contributed by atoms with E-state index in [1.54, 1.807) is 24.7 Å². The van der Waals surface area contributed by atoms with Gasteiger partial charge in [-0.25, -0.2) is 4.98 Å². The number of nitrogens with zero attached hydrogens (tertiary/aromatic N) is 3. The van der Waals surface area contributed by atoms with E-state index in [9.17, 15) is 4.79 Å². The van der Waals surface area contributed by atoms with Gasteiger partial charge in [0.1, 0.15) is 12.4 Å². The van der Waals surface area contributed by atoms with E-state index in [4.69, 9.17) is 9.47 Å². The van der Waals surface area contributed by atoms with E-state index in [-0.39, 0.29) is 6.61 Å². The molecule has 6 heteroatoms. The minimum Gasteiger partial charge on any atom is -0.486 e. The summed E-state index contributed by atoms with van der Waals surface area (Å²) in [4.78, 5) is 23.6. The SMILES string of the molecule is COc1cc(C=O)c(OCc2cnccc2C2=CC=NC2)cn1. The monoisotopic (exact) mass is 309 g/mol. The molecule has 0 atom stereocenters. The fourth-order valence-electron chi connectivity index (χ4n) is 2.29. The third kappa shape index (κ3) is 3.26. The van der Waals surface area contributed by atoms with Gasteiger partial charge in [-0.2, -0.15) is 0 Å². The van der Waals surface area contributed by atoms with E-state index in [1.165, 1.54) is 13.3 Å². The summed E-state index contributed by atoms with van der Waals surface area (Å²) in [7, 11) is 1.50. The van der Waals surface area contributed by atoms with Crippen LogP contribution in [-0.2, 0) is 6.61 Å². The van der Waals surface area contributed by atoms with Gasteiger partial charge < -0.3 is 9.47 Å². The van der Waals surface area contributed by atoms with Crippen LogP contribution in [0, 0.1) is 0 Å². The number of hydrogen-bond acceptors (Lipinski definition) is 6. The van der Waals surface area contributed by atoms with Crippen molar-refractivity contribution < 1.29 is 14.3 Å². The van der Waals surface area contributed by atoms with Gasteiger partial charge in [0.2, 0.25) is 5.88 Å². The van der Waals surface area contributed by atoms with Crippen molar-refractivity contribution in [2.24, 2.45) is 4.99 Å². The van der Waals surface area contributed by atoms with Gasteiger partial charge in [0, 0.05) is 30.2 Å². The normalized spacial score (nSPS) is 12.8. The fraction of sp³-hybridized carbons (Fsp3) is 0.176. The zero-order valence-electron chi connectivity index (χ0n) is 12.6. The Morgan fingerprint density at radius 1 is 1.35 bits per heavy atom. The highest BCUT2D eigenvalue weighted by Crippen LogP contribution is 2.24. The maximum absolute atomic E-state index is 11.2. The minimum absolute atomic E-state index is 0.287. The van der Waals surface area contributed by atoms with Gasteiger partial charge in [0.05, 0.1) is 25.4 Å². The third-order valence-corrected chi connectivity index (χ3v) is 3.48. The molecule has 2 aromatic heterocycles. The van der Waals surface area contributed by atoms with Gasteiger partial charge in [0.25, 0.3) is 0 Å². The molecule has 0 N–H and O–H groups in total. The molecule has 6 nitrogen and oxygen atoms in total.